The minimum absolute atomic E-state index is 0.0260. The zero-order chi connectivity index (χ0) is 26.9. The number of nitrogens with one attached hydrogen (secondary N) is 1. The lowest BCUT2D eigenvalue weighted by atomic mass is 9.82. The Labute approximate surface area is 232 Å². The van der Waals surface area contributed by atoms with Gasteiger partial charge in [0.05, 0.1) is 0 Å². The van der Waals surface area contributed by atoms with E-state index in [1.54, 1.807) is 7.11 Å². The maximum Gasteiger partial charge on any atom is 0.434 e. The standard InChI is InChI=1S/C29H35ClN6O3/c1-17-11-13-18(14-12-17)16-36-23-22(20-9-6-10-21(30)15-20)31-26(28-34-35-29(37)39-28)32-25(23)33-27(36)24(38-2)19-7-4-3-5-8-19/h6,9-10,15,17-19,24H,3-5,7-8,11-14,16H2,1-2H3,(H,35,37)/t17-,18-,24?. The van der Waals surface area contributed by atoms with Gasteiger partial charge in [-0.3, -0.25) is 0 Å². The highest BCUT2D eigenvalue weighted by Crippen LogP contribution is 2.40. The smallest absolute Gasteiger partial charge is 0.384 e. The van der Waals surface area contributed by atoms with Crippen LogP contribution in [0.15, 0.2) is 33.5 Å². The number of halogens is 1. The molecular weight excluding hydrogens is 516 g/mol. The minimum Gasteiger partial charge on any atom is -0.384 e. The molecule has 10 heteroatoms. The highest BCUT2D eigenvalue weighted by Gasteiger charge is 2.33. The number of hydrogen-bond donors (Lipinski definition) is 1. The fourth-order valence-corrected chi connectivity index (χ4v) is 6.62. The van der Waals surface area contributed by atoms with E-state index in [1.807, 2.05) is 24.3 Å². The molecule has 2 fully saturated rings. The third kappa shape index (κ3) is 5.39. The zero-order valence-electron chi connectivity index (χ0n) is 22.5. The van der Waals surface area contributed by atoms with Gasteiger partial charge in [0, 0.05) is 24.2 Å². The number of H-pyrrole nitrogens is 1. The second-order valence-corrected chi connectivity index (χ2v) is 11.7. The summed E-state index contributed by atoms with van der Waals surface area (Å²) in [4.78, 5) is 26.5. The molecule has 0 amide bonds. The molecule has 0 spiro atoms. The number of aromatic amines is 1. The molecule has 1 atom stereocenters. The third-order valence-electron chi connectivity index (χ3n) is 8.52. The molecule has 4 aromatic rings. The van der Waals surface area contributed by atoms with Gasteiger partial charge in [-0.1, -0.05) is 62.8 Å². The molecule has 2 aliphatic rings. The molecule has 0 aliphatic heterocycles. The largest absolute Gasteiger partial charge is 0.434 e. The van der Waals surface area contributed by atoms with Crippen molar-refractivity contribution in [1.29, 1.82) is 0 Å². The van der Waals surface area contributed by atoms with Crippen molar-refractivity contribution < 1.29 is 9.15 Å². The minimum atomic E-state index is -0.660. The van der Waals surface area contributed by atoms with Crippen LogP contribution in [0.3, 0.4) is 0 Å². The van der Waals surface area contributed by atoms with Crippen molar-refractivity contribution in [3.8, 4) is 23.0 Å². The van der Waals surface area contributed by atoms with Crippen LogP contribution in [0.2, 0.25) is 5.02 Å². The molecule has 0 bridgehead atoms. The molecule has 1 aromatic carbocycles. The second-order valence-electron chi connectivity index (χ2n) is 11.3. The first-order chi connectivity index (χ1) is 19.0. The van der Waals surface area contributed by atoms with E-state index >= 15 is 0 Å². The first kappa shape index (κ1) is 26.2. The van der Waals surface area contributed by atoms with E-state index in [4.69, 9.17) is 35.7 Å². The zero-order valence-corrected chi connectivity index (χ0v) is 23.3. The normalized spacial score (nSPS) is 21.4. The van der Waals surface area contributed by atoms with E-state index < -0.39 is 5.76 Å². The van der Waals surface area contributed by atoms with E-state index in [0.29, 0.717) is 28.2 Å². The molecule has 206 valence electrons. The molecule has 2 aliphatic carbocycles. The molecule has 0 saturated heterocycles. The average Bonchev–Trinajstić information content (AvgIpc) is 3.54. The lowest BCUT2D eigenvalue weighted by molar-refractivity contribution is 0.0259. The van der Waals surface area contributed by atoms with Gasteiger partial charge >= 0.3 is 5.76 Å². The predicted molar refractivity (Wildman–Crippen MR) is 149 cm³/mol. The van der Waals surface area contributed by atoms with Crippen LogP contribution in [0.5, 0.6) is 0 Å². The summed E-state index contributed by atoms with van der Waals surface area (Å²) >= 11 is 6.43. The van der Waals surface area contributed by atoms with Gasteiger partial charge in [0.2, 0.25) is 5.82 Å². The lowest BCUT2D eigenvalue weighted by Crippen LogP contribution is -2.24. The van der Waals surface area contributed by atoms with Crippen LogP contribution in [0.25, 0.3) is 34.1 Å². The Morgan fingerprint density at radius 3 is 2.59 bits per heavy atom. The quantitative estimate of drug-likeness (QED) is 0.276. The Morgan fingerprint density at radius 1 is 1.10 bits per heavy atom. The molecule has 6 rings (SSSR count). The van der Waals surface area contributed by atoms with Crippen molar-refractivity contribution in [3.63, 3.8) is 0 Å². The van der Waals surface area contributed by atoms with Crippen molar-refractivity contribution >= 4 is 22.8 Å². The van der Waals surface area contributed by atoms with Gasteiger partial charge in [-0.2, -0.15) is 0 Å². The first-order valence-electron chi connectivity index (χ1n) is 14.1. The molecular formula is C29H35ClN6O3. The van der Waals surface area contributed by atoms with Crippen LogP contribution < -0.4 is 5.76 Å². The number of rotatable bonds is 7. The Hall–Kier alpha value is -3.04. The molecule has 9 nitrogen and oxygen atoms in total. The number of ether oxygens (including phenoxy) is 1. The number of aromatic nitrogens is 6. The van der Waals surface area contributed by atoms with Crippen LogP contribution in [0, 0.1) is 17.8 Å². The number of methoxy groups -OCH3 is 1. The van der Waals surface area contributed by atoms with E-state index in [2.05, 4.69) is 21.7 Å². The monoisotopic (exact) mass is 550 g/mol. The van der Waals surface area contributed by atoms with E-state index in [-0.39, 0.29) is 17.8 Å². The molecule has 0 radical (unpaired) electrons. The summed E-state index contributed by atoms with van der Waals surface area (Å²) in [6.07, 6.45) is 10.6. The summed E-state index contributed by atoms with van der Waals surface area (Å²) in [6, 6.07) is 7.62. The summed E-state index contributed by atoms with van der Waals surface area (Å²) in [5, 5.41) is 6.90. The molecule has 2 saturated carbocycles. The molecule has 1 N–H and O–H groups in total. The van der Waals surface area contributed by atoms with Gasteiger partial charge in [-0.05, 0) is 55.6 Å². The summed E-state index contributed by atoms with van der Waals surface area (Å²) < 4.78 is 13.8. The summed E-state index contributed by atoms with van der Waals surface area (Å²) in [5.74, 6) is 2.17. The fourth-order valence-electron chi connectivity index (χ4n) is 6.43. The SMILES string of the molecule is COC(c1nc2nc(-c3n[nH]c(=O)o3)nc(-c3cccc(Cl)c3)c2n1C[C@H]1CC[C@H](C)CC1)C1CCCCC1. The summed E-state index contributed by atoms with van der Waals surface area (Å²) in [7, 11) is 1.79. The Kier molecular flexibility index (Phi) is 7.53. The van der Waals surface area contributed by atoms with Crippen molar-refractivity contribution in [2.75, 3.05) is 7.11 Å². The van der Waals surface area contributed by atoms with Crippen molar-refractivity contribution in [2.24, 2.45) is 17.8 Å². The van der Waals surface area contributed by atoms with Crippen molar-refractivity contribution in [2.45, 2.75) is 77.4 Å². The van der Waals surface area contributed by atoms with Crippen LogP contribution in [-0.2, 0) is 11.3 Å². The molecule has 1 unspecified atom stereocenters. The van der Waals surface area contributed by atoms with E-state index in [0.717, 1.165) is 42.2 Å². The predicted octanol–water partition coefficient (Wildman–Crippen LogP) is 6.58. The van der Waals surface area contributed by atoms with Crippen LogP contribution in [0.4, 0.5) is 0 Å². The third-order valence-corrected chi connectivity index (χ3v) is 8.76. The second kappa shape index (κ2) is 11.2. The fraction of sp³-hybridized carbons (Fsp3) is 0.552. The maximum absolute atomic E-state index is 11.7. The first-order valence-corrected chi connectivity index (χ1v) is 14.5. The van der Waals surface area contributed by atoms with Crippen LogP contribution >= 0.6 is 11.6 Å². The van der Waals surface area contributed by atoms with Crippen LogP contribution in [0.1, 0.15) is 76.6 Å². The molecule has 39 heavy (non-hydrogen) atoms. The van der Waals surface area contributed by atoms with Crippen LogP contribution in [-0.4, -0.2) is 36.8 Å². The van der Waals surface area contributed by atoms with Gasteiger partial charge in [0.25, 0.3) is 5.89 Å². The van der Waals surface area contributed by atoms with Crippen molar-refractivity contribution in [1.82, 2.24) is 29.7 Å². The number of benzene rings is 1. The number of hydrogen-bond acceptors (Lipinski definition) is 7. The lowest BCUT2D eigenvalue weighted by Gasteiger charge is -2.31. The number of imidazole rings is 1. The van der Waals surface area contributed by atoms with Gasteiger partial charge in [-0.15, -0.1) is 5.10 Å². The highest BCUT2D eigenvalue weighted by molar-refractivity contribution is 6.30. The Morgan fingerprint density at radius 2 is 1.90 bits per heavy atom. The molecule has 3 heterocycles. The van der Waals surface area contributed by atoms with E-state index in [1.165, 1.54) is 44.9 Å². The summed E-state index contributed by atoms with van der Waals surface area (Å²) in [6.45, 7) is 3.18. The topological polar surface area (TPSA) is 112 Å². The number of fused-ring (bicyclic) bond motifs is 1. The number of nitrogens with zero attached hydrogens (tertiary/aromatic N) is 5. The van der Waals surface area contributed by atoms with Gasteiger partial charge in [-0.25, -0.2) is 24.8 Å². The average molecular weight is 551 g/mol. The van der Waals surface area contributed by atoms with Gasteiger partial charge in [0.1, 0.15) is 23.1 Å². The Bertz CT molecular complexity index is 1500. The van der Waals surface area contributed by atoms with Gasteiger partial charge in [0.15, 0.2) is 5.65 Å². The molecule has 3 aromatic heterocycles. The van der Waals surface area contributed by atoms with Gasteiger partial charge < -0.3 is 13.7 Å². The van der Waals surface area contributed by atoms with Crippen molar-refractivity contribution in [3.05, 3.63) is 45.7 Å². The highest BCUT2D eigenvalue weighted by atomic mass is 35.5. The van der Waals surface area contributed by atoms with E-state index in [9.17, 15) is 4.79 Å². The summed E-state index contributed by atoms with van der Waals surface area (Å²) in [5.41, 5.74) is 2.92. The Balaban J connectivity index is 1.57. The maximum atomic E-state index is 11.7.